The van der Waals surface area contributed by atoms with E-state index in [2.05, 4.69) is 30.8 Å². The van der Waals surface area contributed by atoms with Crippen LogP contribution in [0.1, 0.15) is 18.9 Å². The zero-order valence-electron chi connectivity index (χ0n) is 19.0. The summed E-state index contributed by atoms with van der Waals surface area (Å²) in [6.45, 7) is 2.49. The Morgan fingerprint density at radius 3 is 2.75 bits per heavy atom. The van der Waals surface area contributed by atoms with Crippen LogP contribution in [0.4, 0.5) is 34.6 Å². The number of benzene rings is 1. The largest absolute Gasteiger partial charge is 0.416 e. The van der Waals surface area contributed by atoms with Gasteiger partial charge in [-0.2, -0.15) is 13.2 Å². The van der Waals surface area contributed by atoms with Crippen molar-refractivity contribution in [2.45, 2.75) is 25.6 Å². The maximum absolute atomic E-state index is 13.4. The molecule has 8 nitrogen and oxygen atoms in total. The lowest BCUT2D eigenvalue weighted by Gasteiger charge is -2.27. The molecule has 0 aliphatic carbocycles. The van der Waals surface area contributed by atoms with Crippen molar-refractivity contribution in [3.63, 3.8) is 0 Å². The van der Waals surface area contributed by atoms with Gasteiger partial charge in [-0.15, -0.1) is 10.2 Å². The summed E-state index contributed by atoms with van der Waals surface area (Å²) in [5, 5.41) is 15.1. The molecule has 0 saturated heterocycles. The zero-order chi connectivity index (χ0) is 25.3. The first-order valence-electron chi connectivity index (χ1n) is 11.1. The maximum atomic E-state index is 13.4. The molecule has 1 aliphatic rings. The van der Waals surface area contributed by atoms with E-state index in [0.717, 1.165) is 17.7 Å². The van der Waals surface area contributed by atoms with Crippen LogP contribution in [0, 0.1) is 0 Å². The molecule has 3 aromatic heterocycles. The molecule has 1 atom stereocenters. The first-order valence-corrected chi connectivity index (χ1v) is 11.9. The van der Waals surface area contributed by atoms with Crippen molar-refractivity contribution < 1.29 is 18.0 Å². The number of hydrogen-bond acceptors (Lipinski definition) is 7. The fourth-order valence-corrected chi connectivity index (χ4v) is 4.59. The van der Waals surface area contributed by atoms with E-state index in [0.29, 0.717) is 45.9 Å². The van der Waals surface area contributed by atoms with E-state index in [9.17, 15) is 18.0 Å². The second kappa shape index (κ2) is 9.53. The molecule has 4 heterocycles. The Morgan fingerprint density at radius 1 is 1.14 bits per heavy atom. The highest BCUT2D eigenvalue weighted by atomic mass is 32.1. The second-order valence-corrected chi connectivity index (χ2v) is 9.14. The number of alkyl halides is 3. The van der Waals surface area contributed by atoms with Crippen LogP contribution >= 0.6 is 11.3 Å². The Kier molecular flexibility index (Phi) is 6.27. The summed E-state index contributed by atoms with van der Waals surface area (Å²) in [5.74, 6) is 0.324. The summed E-state index contributed by atoms with van der Waals surface area (Å²) in [6, 6.07) is 11.2. The predicted molar refractivity (Wildman–Crippen MR) is 132 cm³/mol. The summed E-state index contributed by atoms with van der Waals surface area (Å²) < 4.78 is 39.7. The molecule has 0 bridgehead atoms. The van der Waals surface area contributed by atoms with E-state index in [1.807, 2.05) is 13.0 Å². The third-order valence-electron chi connectivity index (χ3n) is 5.67. The van der Waals surface area contributed by atoms with E-state index in [1.165, 1.54) is 22.3 Å². The molecular formula is C24H20F3N7OS. The van der Waals surface area contributed by atoms with Crippen LogP contribution in [-0.4, -0.2) is 38.8 Å². The SMILES string of the molecule is C[C@@H]1CCNc2ccc(-c3cccc(C(F)(F)F)c3)nc2N1C(=O)Nc1nnc(-c2cccnc2)s1. The van der Waals surface area contributed by atoms with Gasteiger partial charge in [-0.1, -0.05) is 23.5 Å². The Balaban J connectivity index is 1.46. The normalized spacial score (nSPS) is 15.6. The number of fused-ring (bicyclic) bond motifs is 1. The molecule has 0 spiro atoms. The number of nitrogens with one attached hydrogen (secondary N) is 2. The molecule has 0 fully saturated rings. The van der Waals surface area contributed by atoms with Gasteiger partial charge < -0.3 is 5.32 Å². The smallest absolute Gasteiger partial charge is 0.382 e. The molecule has 0 saturated carbocycles. The maximum Gasteiger partial charge on any atom is 0.416 e. The quantitative estimate of drug-likeness (QED) is 0.354. The third-order valence-corrected chi connectivity index (χ3v) is 6.56. The van der Waals surface area contributed by atoms with E-state index in [1.54, 1.807) is 36.7 Å². The van der Waals surface area contributed by atoms with Gasteiger partial charge in [0.2, 0.25) is 5.13 Å². The zero-order valence-corrected chi connectivity index (χ0v) is 19.8. The lowest BCUT2D eigenvalue weighted by Crippen LogP contribution is -2.42. The first kappa shape index (κ1) is 23.7. The second-order valence-electron chi connectivity index (χ2n) is 8.16. The van der Waals surface area contributed by atoms with Crippen LogP contribution in [0.3, 0.4) is 0 Å². The number of urea groups is 1. The van der Waals surface area contributed by atoms with Gasteiger partial charge in [0.1, 0.15) is 0 Å². The van der Waals surface area contributed by atoms with Crippen LogP contribution in [0.15, 0.2) is 60.9 Å². The first-order chi connectivity index (χ1) is 17.3. The summed E-state index contributed by atoms with van der Waals surface area (Å²) in [5.41, 5.74) is 1.25. The minimum Gasteiger partial charge on any atom is -0.382 e. The van der Waals surface area contributed by atoms with Crippen LogP contribution in [-0.2, 0) is 6.18 Å². The molecule has 36 heavy (non-hydrogen) atoms. The number of carbonyl (C=O) groups is 1. The fourth-order valence-electron chi connectivity index (χ4n) is 3.87. The third kappa shape index (κ3) is 4.85. The number of nitrogens with zero attached hydrogens (tertiary/aromatic N) is 5. The average molecular weight is 512 g/mol. The van der Waals surface area contributed by atoms with Crippen LogP contribution < -0.4 is 15.5 Å². The number of amides is 2. The summed E-state index contributed by atoms with van der Waals surface area (Å²) in [4.78, 5) is 23.6. The number of hydrogen-bond donors (Lipinski definition) is 2. The molecule has 1 aliphatic heterocycles. The molecule has 12 heteroatoms. The van der Waals surface area contributed by atoms with E-state index < -0.39 is 17.8 Å². The van der Waals surface area contributed by atoms with Crippen LogP contribution in [0.2, 0.25) is 0 Å². The Bertz CT molecular complexity index is 1390. The Hall–Kier alpha value is -4.06. The topological polar surface area (TPSA) is 95.9 Å². The number of rotatable bonds is 3. The minimum absolute atomic E-state index is 0.242. The molecule has 5 rings (SSSR count). The van der Waals surface area contributed by atoms with Crippen LogP contribution in [0.5, 0.6) is 0 Å². The molecule has 2 amide bonds. The molecule has 4 aromatic rings. The number of carbonyl (C=O) groups excluding carboxylic acids is 1. The van der Waals surface area contributed by atoms with Crippen molar-refractivity contribution in [2.75, 3.05) is 22.1 Å². The van der Waals surface area contributed by atoms with Gasteiger partial charge >= 0.3 is 12.2 Å². The predicted octanol–water partition coefficient (Wildman–Crippen LogP) is 5.92. The molecule has 184 valence electrons. The van der Waals surface area contributed by atoms with Crippen molar-refractivity contribution >= 4 is 34.0 Å². The standard InChI is InChI=1S/C24H20F3N7OS/c1-14-9-11-29-19-8-7-18(15-4-2-6-17(12-15)24(25,26)27)30-20(19)34(14)23(35)31-22-33-32-21(36-22)16-5-3-10-28-13-16/h2-8,10,12-14,29H,9,11H2,1H3,(H,31,33,35)/t14-/m1/s1. The molecule has 0 radical (unpaired) electrons. The monoisotopic (exact) mass is 511 g/mol. The van der Waals surface area contributed by atoms with Gasteiger partial charge in [0, 0.05) is 36.1 Å². The van der Waals surface area contributed by atoms with Crippen molar-refractivity contribution in [3.8, 4) is 21.8 Å². The van der Waals surface area contributed by atoms with Gasteiger partial charge in [-0.05, 0) is 49.7 Å². The van der Waals surface area contributed by atoms with E-state index >= 15 is 0 Å². The van der Waals surface area contributed by atoms with Gasteiger partial charge in [0.15, 0.2) is 10.8 Å². The summed E-state index contributed by atoms with van der Waals surface area (Å²) in [6.07, 6.45) is -0.524. The molecule has 1 aromatic carbocycles. The lowest BCUT2D eigenvalue weighted by atomic mass is 10.1. The lowest BCUT2D eigenvalue weighted by molar-refractivity contribution is -0.137. The highest BCUT2D eigenvalue weighted by Crippen LogP contribution is 2.35. The van der Waals surface area contributed by atoms with Crippen molar-refractivity contribution in [3.05, 3.63) is 66.5 Å². The van der Waals surface area contributed by atoms with Crippen molar-refractivity contribution in [2.24, 2.45) is 0 Å². The number of halogens is 3. The molecular weight excluding hydrogens is 491 g/mol. The average Bonchev–Trinajstić information content (AvgIpc) is 3.26. The van der Waals surface area contributed by atoms with Gasteiger partial charge in [-0.3, -0.25) is 15.2 Å². The van der Waals surface area contributed by atoms with Crippen molar-refractivity contribution in [1.29, 1.82) is 0 Å². The fraction of sp³-hybridized carbons (Fsp3) is 0.208. The van der Waals surface area contributed by atoms with Gasteiger partial charge in [0.05, 0.1) is 16.9 Å². The highest BCUT2D eigenvalue weighted by molar-refractivity contribution is 7.18. The summed E-state index contributed by atoms with van der Waals surface area (Å²) in [7, 11) is 0. The van der Waals surface area contributed by atoms with E-state index in [4.69, 9.17) is 0 Å². The Labute approximate surface area is 208 Å². The molecule has 0 unspecified atom stereocenters. The van der Waals surface area contributed by atoms with E-state index in [-0.39, 0.29) is 6.04 Å². The van der Waals surface area contributed by atoms with Crippen LogP contribution in [0.25, 0.3) is 21.8 Å². The van der Waals surface area contributed by atoms with Gasteiger partial charge in [0.25, 0.3) is 0 Å². The number of pyridine rings is 2. The summed E-state index contributed by atoms with van der Waals surface area (Å²) >= 11 is 1.21. The minimum atomic E-state index is -4.47. The molecule has 2 N–H and O–H groups in total. The Morgan fingerprint density at radius 2 is 1.97 bits per heavy atom. The number of aromatic nitrogens is 4. The van der Waals surface area contributed by atoms with Gasteiger partial charge in [-0.25, -0.2) is 9.78 Å². The van der Waals surface area contributed by atoms with Crippen molar-refractivity contribution in [1.82, 2.24) is 20.2 Å². The highest BCUT2D eigenvalue weighted by Gasteiger charge is 2.32. The number of anilines is 3.